The molecule has 8 rings (SSSR count). The molecule has 4 aromatic rings. The molecule has 1 unspecified atom stereocenters. The third-order valence-electron chi connectivity index (χ3n) is 12.0. The quantitative estimate of drug-likeness (QED) is 0.0798. The van der Waals surface area contributed by atoms with Gasteiger partial charge in [0.05, 0.1) is 34.0 Å². The van der Waals surface area contributed by atoms with Crippen molar-refractivity contribution in [2.24, 2.45) is 5.92 Å². The summed E-state index contributed by atoms with van der Waals surface area (Å²) in [6.45, 7) is 9.31. The van der Waals surface area contributed by atoms with Gasteiger partial charge in [0, 0.05) is 36.7 Å². The lowest BCUT2D eigenvalue weighted by Crippen LogP contribution is -2.54. The van der Waals surface area contributed by atoms with Crippen molar-refractivity contribution in [1.29, 1.82) is 0 Å². The number of halogens is 3. The zero-order valence-electron chi connectivity index (χ0n) is 33.4. The molecule has 5 heterocycles. The fourth-order valence-electron chi connectivity index (χ4n) is 8.77. The predicted octanol–water partition coefficient (Wildman–Crippen LogP) is 6.19. The SMILES string of the molecule is C=CC(=O)Nc1cc2c(Nc3ccc(F)c(Cl)c3)ncnc2cc1OCCCN1CCC(CN2CCC(c3cc4c(cc3F)C(=O)N(C3CCC(=O)NC3=O)C4=O)CC2)CC1. The van der Waals surface area contributed by atoms with Crippen molar-refractivity contribution in [1.82, 2.24) is 30.0 Å². The minimum absolute atomic E-state index is 0.0180. The fraction of sp³-hybridized carbons (Fsp3) is 0.386. The van der Waals surface area contributed by atoms with Crippen molar-refractivity contribution in [3.63, 3.8) is 0 Å². The molecular weight excluding hydrogens is 810 g/mol. The number of benzene rings is 3. The first-order valence-electron chi connectivity index (χ1n) is 20.5. The Bertz CT molecular complexity index is 2420. The maximum absolute atomic E-state index is 15.5. The Morgan fingerprint density at radius 2 is 1.66 bits per heavy atom. The summed E-state index contributed by atoms with van der Waals surface area (Å²) in [6, 6.07) is 9.27. The van der Waals surface area contributed by atoms with Gasteiger partial charge in [-0.2, -0.15) is 0 Å². The van der Waals surface area contributed by atoms with Crippen LogP contribution in [0.1, 0.15) is 77.1 Å². The van der Waals surface area contributed by atoms with Crippen molar-refractivity contribution >= 4 is 69.2 Å². The zero-order valence-corrected chi connectivity index (χ0v) is 34.1. The highest BCUT2D eigenvalue weighted by Gasteiger charge is 2.45. The minimum Gasteiger partial charge on any atom is -0.491 e. The number of likely N-dealkylation sites (tertiary alicyclic amines) is 2. The van der Waals surface area contributed by atoms with E-state index in [1.165, 1.54) is 30.6 Å². The number of carbonyl (C=O) groups excluding carboxylic acids is 5. The number of hydrogen-bond donors (Lipinski definition) is 3. The Hall–Kier alpha value is -5.84. The lowest BCUT2D eigenvalue weighted by atomic mass is 9.86. The van der Waals surface area contributed by atoms with Crippen molar-refractivity contribution in [2.45, 2.75) is 56.9 Å². The molecule has 4 aliphatic rings. The van der Waals surface area contributed by atoms with Crippen LogP contribution in [-0.4, -0.2) is 106 Å². The van der Waals surface area contributed by atoms with E-state index in [1.54, 1.807) is 18.2 Å². The number of carbonyl (C=O) groups is 5. The van der Waals surface area contributed by atoms with Gasteiger partial charge in [-0.1, -0.05) is 18.2 Å². The van der Waals surface area contributed by atoms with Gasteiger partial charge < -0.3 is 25.2 Å². The van der Waals surface area contributed by atoms with Gasteiger partial charge in [-0.25, -0.2) is 18.7 Å². The molecule has 0 aliphatic carbocycles. The van der Waals surface area contributed by atoms with Crippen molar-refractivity contribution in [2.75, 3.05) is 56.5 Å². The molecule has 1 aromatic heterocycles. The lowest BCUT2D eigenvalue weighted by molar-refractivity contribution is -0.136. The Labute approximate surface area is 355 Å². The number of anilines is 3. The number of hydrogen-bond acceptors (Lipinski definition) is 11. The van der Waals surface area contributed by atoms with E-state index in [1.807, 2.05) is 0 Å². The van der Waals surface area contributed by atoms with Gasteiger partial charge in [0.25, 0.3) is 11.8 Å². The number of imide groups is 2. The van der Waals surface area contributed by atoms with Gasteiger partial charge >= 0.3 is 0 Å². The van der Waals surface area contributed by atoms with Crippen molar-refractivity contribution in [3.8, 4) is 5.75 Å². The molecule has 3 N–H and O–H groups in total. The van der Waals surface area contributed by atoms with E-state index in [4.69, 9.17) is 16.3 Å². The number of nitrogens with one attached hydrogen (secondary N) is 3. The normalized spacial score (nSPS) is 19.3. The topological polar surface area (TPSA) is 166 Å². The molecule has 17 heteroatoms. The van der Waals surface area contributed by atoms with Crippen molar-refractivity contribution < 1.29 is 37.5 Å². The summed E-state index contributed by atoms with van der Waals surface area (Å²) in [6.07, 6.45) is 6.97. The van der Waals surface area contributed by atoms with Crippen LogP contribution in [0.4, 0.5) is 26.0 Å². The first kappa shape index (κ1) is 41.9. The second kappa shape index (κ2) is 18.0. The van der Waals surface area contributed by atoms with Gasteiger partial charge in [-0.15, -0.1) is 0 Å². The average molecular weight is 855 g/mol. The summed E-state index contributed by atoms with van der Waals surface area (Å²) in [5, 5.41) is 8.71. The van der Waals surface area contributed by atoms with E-state index in [9.17, 15) is 28.4 Å². The van der Waals surface area contributed by atoms with Crippen LogP contribution in [0.2, 0.25) is 5.02 Å². The van der Waals surface area contributed by atoms with Gasteiger partial charge in [-0.3, -0.25) is 34.2 Å². The van der Waals surface area contributed by atoms with Crippen LogP contribution < -0.4 is 20.7 Å². The Morgan fingerprint density at radius 3 is 2.38 bits per heavy atom. The summed E-state index contributed by atoms with van der Waals surface area (Å²) in [7, 11) is 0. The molecule has 1 atom stereocenters. The zero-order chi connectivity index (χ0) is 42.8. The van der Waals surface area contributed by atoms with Crippen LogP contribution in [-0.2, 0) is 14.4 Å². The third-order valence-corrected chi connectivity index (χ3v) is 12.3. The number of rotatable bonds is 13. The predicted molar refractivity (Wildman–Crippen MR) is 224 cm³/mol. The summed E-state index contributed by atoms with van der Waals surface area (Å²) in [4.78, 5) is 77.4. The van der Waals surface area contributed by atoms with Crippen LogP contribution >= 0.6 is 11.6 Å². The summed E-state index contributed by atoms with van der Waals surface area (Å²) in [5.74, 6) is -2.61. The Kier molecular flexibility index (Phi) is 12.4. The molecule has 0 saturated carbocycles. The largest absolute Gasteiger partial charge is 0.491 e. The van der Waals surface area contributed by atoms with E-state index in [2.05, 4.69) is 42.3 Å². The second-order valence-corrected chi connectivity index (χ2v) is 16.4. The fourth-order valence-corrected chi connectivity index (χ4v) is 8.95. The summed E-state index contributed by atoms with van der Waals surface area (Å²) >= 11 is 5.97. The molecule has 3 saturated heterocycles. The second-order valence-electron chi connectivity index (χ2n) is 16.0. The number of nitrogens with zero attached hydrogens (tertiary/aromatic N) is 5. The molecule has 3 fully saturated rings. The molecule has 0 spiro atoms. The molecule has 3 aromatic carbocycles. The van der Waals surface area contributed by atoms with Crippen molar-refractivity contribution in [3.05, 3.63) is 94.8 Å². The maximum atomic E-state index is 15.5. The highest BCUT2D eigenvalue weighted by atomic mass is 35.5. The number of aromatic nitrogens is 2. The highest BCUT2D eigenvalue weighted by Crippen LogP contribution is 2.37. The Balaban J connectivity index is 0.799. The standard InChI is InChI=1S/C44H45ClF2N8O6/c1-2-39(56)51-36-21-31-35(48-24-49-41(31)50-27-4-5-33(46)32(45)18-27)22-38(36)61-17-3-12-53-13-8-25(9-14-53)23-54-15-10-26(11-16-54)28-19-29-30(20-34(28)47)44(60)55(43(29)59)37-6-7-40(57)52-42(37)58/h2,4-5,18-22,24-26,37H,1,3,6-17,23H2,(H,51,56)(H,48,49,50)(H,52,57,58). The van der Waals surface area contributed by atoms with E-state index in [0.717, 1.165) is 82.3 Å². The van der Waals surface area contributed by atoms with Crippen LogP contribution in [0.5, 0.6) is 5.75 Å². The number of amides is 5. The van der Waals surface area contributed by atoms with Crippen LogP contribution in [0.15, 0.2) is 61.4 Å². The number of ether oxygens (including phenoxy) is 1. The first-order chi connectivity index (χ1) is 29.4. The van der Waals surface area contributed by atoms with E-state index < -0.39 is 47.2 Å². The maximum Gasteiger partial charge on any atom is 0.262 e. The number of piperidine rings is 3. The molecule has 5 amide bonds. The molecule has 0 bridgehead atoms. The van der Waals surface area contributed by atoms with Gasteiger partial charge in [0.15, 0.2) is 0 Å². The first-order valence-corrected chi connectivity index (χ1v) is 20.9. The molecular formula is C44H45ClF2N8O6. The monoisotopic (exact) mass is 854 g/mol. The molecule has 61 heavy (non-hydrogen) atoms. The van der Waals surface area contributed by atoms with Gasteiger partial charge in [-0.05, 0) is 125 Å². The van der Waals surface area contributed by atoms with E-state index >= 15 is 4.39 Å². The molecule has 0 radical (unpaired) electrons. The molecule has 4 aliphatic heterocycles. The van der Waals surface area contributed by atoms with Gasteiger partial charge in [0.1, 0.15) is 35.6 Å². The minimum atomic E-state index is -1.09. The smallest absolute Gasteiger partial charge is 0.262 e. The third kappa shape index (κ3) is 9.11. The average Bonchev–Trinajstić information content (AvgIpc) is 3.48. The van der Waals surface area contributed by atoms with Gasteiger partial charge in [0.2, 0.25) is 17.7 Å². The lowest BCUT2D eigenvalue weighted by Gasteiger charge is -2.38. The van der Waals surface area contributed by atoms with E-state index in [0.29, 0.717) is 51.9 Å². The van der Waals surface area contributed by atoms with Crippen LogP contribution in [0, 0.1) is 17.6 Å². The highest BCUT2D eigenvalue weighted by molar-refractivity contribution is 6.31. The molecule has 14 nitrogen and oxygen atoms in total. The van der Waals surface area contributed by atoms with Crippen LogP contribution in [0.25, 0.3) is 10.9 Å². The molecule has 318 valence electrons. The summed E-state index contributed by atoms with van der Waals surface area (Å²) < 4.78 is 35.4. The number of fused-ring (bicyclic) bond motifs is 2. The summed E-state index contributed by atoms with van der Waals surface area (Å²) in [5.41, 5.74) is 2.02. The van der Waals surface area contributed by atoms with Crippen LogP contribution in [0.3, 0.4) is 0 Å². The van der Waals surface area contributed by atoms with E-state index in [-0.39, 0.29) is 34.9 Å². The Morgan fingerprint density at radius 1 is 0.918 bits per heavy atom.